The van der Waals surface area contributed by atoms with Crippen molar-refractivity contribution < 1.29 is 9.53 Å². The number of amides is 1. The molecule has 8 nitrogen and oxygen atoms in total. The molecule has 0 aliphatic carbocycles. The van der Waals surface area contributed by atoms with Crippen LogP contribution in [0.5, 0.6) is 0 Å². The summed E-state index contributed by atoms with van der Waals surface area (Å²) >= 11 is 1.33. The summed E-state index contributed by atoms with van der Waals surface area (Å²) in [6.07, 6.45) is 1.76. The minimum Gasteiger partial charge on any atom is -0.378 e. The number of carbonyl (C=O) groups excluding carboxylic acids is 1. The summed E-state index contributed by atoms with van der Waals surface area (Å²) in [6.45, 7) is 11.0. The zero-order chi connectivity index (χ0) is 23.3. The molecule has 1 aromatic heterocycles. The second-order valence-corrected chi connectivity index (χ2v) is 9.37. The quantitative estimate of drug-likeness (QED) is 0.689. The van der Waals surface area contributed by atoms with Crippen LogP contribution in [0.15, 0.2) is 39.9 Å². The molecule has 1 amide bonds. The average Bonchev–Trinajstić information content (AvgIpc) is 3.34. The number of hydrogen-bond donors (Lipinski definition) is 1. The van der Waals surface area contributed by atoms with Crippen LogP contribution in [-0.4, -0.2) is 62.9 Å². The molecule has 0 unspecified atom stereocenters. The Hall–Kier alpha value is -3.17. The lowest BCUT2D eigenvalue weighted by molar-refractivity contribution is -0.114. The first-order valence-electron chi connectivity index (χ1n) is 10.9. The highest BCUT2D eigenvalue weighted by Crippen LogP contribution is 2.31. The summed E-state index contributed by atoms with van der Waals surface area (Å²) in [5.41, 5.74) is 6.76. The third-order valence-corrected chi connectivity index (χ3v) is 7.21. The van der Waals surface area contributed by atoms with Gasteiger partial charge in [0.25, 0.3) is 5.91 Å². The van der Waals surface area contributed by atoms with Gasteiger partial charge < -0.3 is 14.2 Å². The van der Waals surface area contributed by atoms with Gasteiger partial charge in [0.1, 0.15) is 0 Å². The summed E-state index contributed by atoms with van der Waals surface area (Å²) in [4.78, 5) is 19.2. The first-order chi connectivity index (χ1) is 15.8. The largest absolute Gasteiger partial charge is 0.378 e. The molecule has 33 heavy (non-hydrogen) atoms. The van der Waals surface area contributed by atoms with Gasteiger partial charge in [-0.15, -0.1) is 5.10 Å². The second kappa shape index (κ2) is 8.31. The van der Waals surface area contributed by atoms with E-state index in [2.05, 4.69) is 51.6 Å². The molecule has 170 valence electrons. The van der Waals surface area contributed by atoms with Gasteiger partial charge in [-0.1, -0.05) is 6.07 Å². The number of amidine groups is 3. The lowest BCUT2D eigenvalue weighted by Gasteiger charge is -2.26. The molecule has 0 saturated carbocycles. The lowest BCUT2D eigenvalue weighted by Crippen LogP contribution is -2.39. The topological polar surface area (TPSA) is 86.3 Å². The number of benzene rings is 1. The highest BCUT2D eigenvalue weighted by molar-refractivity contribution is 8.26. The number of hydrogen-bond acceptors (Lipinski definition) is 6. The van der Waals surface area contributed by atoms with Gasteiger partial charge in [0.2, 0.25) is 5.17 Å². The van der Waals surface area contributed by atoms with Crippen LogP contribution >= 0.6 is 11.8 Å². The van der Waals surface area contributed by atoms with Crippen LogP contribution in [0.1, 0.15) is 28.1 Å². The van der Waals surface area contributed by atoms with Gasteiger partial charge in [0, 0.05) is 30.2 Å². The summed E-state index contributed by atoms with van der Waals surface area (Å²) < 4.78 is 7.58. The van der Waals surface area contributed by atoms with Crippen molar-refractivity contribution >= 4 is 39.9 Å². The van der Waals surface area contributed by atoms with Gasteiger partial charge in [0.15, 0.2) is 11.0 Å². The molecule has 0 spiro atoms. The number of fused-ring (bicyclic) bond motifs is 1. The molecule has 0 bridgehead atoms. The maximum absolute atomic E-state index is 12.9. The number of morpholine rings is 1. The van der Waals surface area contributed by atoms with Crippen LogP contribution in [0, 0.1) is 33.1 Å². The molecule has 2 aromatic rings. The fourth-order valence-corrected chi connectivity index (χ4v) is 5.16. The fraction of sp³-hybridized carbons (Fsp3) is 0.333. The zero-order valence-corrected chi connectivity index (χ0v) is 20.0. The molecule has 1 N–H and O–H groups in total. The van der Waals surface area contributed by atoms with Crippen molar-refractivity contribution in [3.05, 3.63) is 57.9 Å². The number of ether oxygens (including phenoxy) is 1. The standard InChI is InChI=1S/C24H26N6O2S/c1-14-5-6-19(11-15(14)2)29-16(3)12-18(17(29)4)13-20-21(25)30-23(26-22(20)31)33-24(27-30)28-7-9-32-10-8-28/h5-6,11-13,25H,7-10H2,1-4H3/b20-13-,25-21?. The number of aromatic nitrogens is 1. The summed E-state index contributed by atoms with van der Waals surface area (Å²) in [7, 11) is 0. The van der Waals surface area contributed by atoms with Crippen LogP contribution < -0.4 is 0 Å². The average molecular weight is 463 g/mol. The number of nitrogens with one attached hydrogen (secondary N) is 1. The Kier molecular flexibility index (Phi) is 5.46. The SMILES string of the molecule is Cc1ccc(-n2c(C)cc(/C=C3/C(=N)N4N=C(N5CCOCC5)SC4=NC3=O)c2C)cc1C. The van der Waals surface area contributed by atoms with E-state index in [-0.39, 0.29) is 11.4 Å². The van der Waals surface area contributed by atoms with Crippen molar-refractivity contribution in [1.29, 1.82) is 5.41 Å². The van der Waals surface area contributed by atoms with Crippen LogP contribution in [0.25, 0.3) is 11.8 Å². The van der Waals surface area contributed by atoms with Crippen LogP contribution in [0.2, 0.25) is 0 Å². The Morgan fingerprint density at radius 1 is 1.06 bits per heavy atom. The molecule has 0 atom stereocenters. The Labute approximate surface area is 197 Å². The molecular weight excluding hydrogens is 436 g/mol. The number of carbonyl (C=O) groups is 1. The van der Waals surface area contributed by atoms with Gasteiger partial charge >= 0.3 is 0 Å². The predicted octanol–water partition coefficient (Wildman–Crippen LogP) is 3.62. The Morgan fingerprint density at radius 3 is 2.55 bits per heavy atom. The normalized spacial score (nSPS) is 19.8. The number of hydrazone groups is 1. The highest BCUT2D eigenvalue weighted by Gasteiger charge is 2.37. The minimum atomic E-state index is -0.409. The van der Waals surface area contributed by atoms with E-state index in [1.165, 1.54) is 27.9 Å². The molecule has 4 heterocycles. The van der Waals surface area contributed by atoms with Crippen LogP contribution in [-0.2, 0) is 9.53 Å². The van der Waals surface area contributed by atoms with E-state index < -0.39 is 5.91 Å². The van der Waals surface area contributed by atoms with Crippen molar-refractivity contribution in [3.63, 3.8) is 0 Å². The van der Waals surface area contributed by atoms with Crippen molar-refractivity contribution in [2.75, 3.05) is 26.3 Å². The van der Waals surface area contributed by atoms with E-state index in [0.29, 0.717) is 18.4 Å². The third-order valence-electron chi connectivity index (χ3n) is 6.24. The lowest BCUT2D eigenvalue weighted by atomic mass is 10.1. The van der Waals surface area contributed by atoms with E-state index in [1.54, 1.807) is 6.08 Å². The molecule has 9 heteroatoms. The van der Waals surface area contributed by atoms with Crippen molar-refractivity contribution in [2.45, 2.75) is 27.7 Å². The Morgan fingerprint density at radius 2 is 1.82 bits per heavy atom. The van der Waals surface area contributed by atoms with Gasteiger partial charge in [-0.25, -0.2) is 0 Å². The third kappa shape index (κ3) is 3.81. The maximum atomic E-state index is 12.9. The molecular formula is C24H26N6O2S. The second-order valence-electron chi connectivity index (χ2n) is 8.43. The van der Waals surface area contributed by atoms with Gasteiger partial charge in [-0.3, -0.25) is 10.2 Å². The number of aryl methyl sites for hydroxylation is 3. The van der Waals surface area contributed by atoms with Crippen molar-refractivity contribution in [3.8, 4) is 5.69 Å². The first kappa shape index (κ1) is 21.7. The molecule has 0 radical (unpaired) electrons. The minimum absolute atomic E-state index is 0.0525. The monoisotopic (exact) mass is 462 g/mol. The van der Waals surface area contributed by atoms with E-state index in [0.717, 1.165) is 40.9 Å². The van der Waals surface area contributed by atoms with E-state index in [4.69, 9.17) is 10.1 Å². The molecule has 3 aliphatic rings. The van der Waals surface area contributed by atoms with Crippen molar-refractivity contribution in [2.24, 2.45) is 10.1 Å². The van der Waals surface area contributed by atoms with Gasteiger partial charge in [-0.05, 0) is 80.4 Å². The maximum Gasteiger partial charge on any atom is 0.283 e. The fourth-order valence-electron chi connectivity index (χ4n) is 4.22. The Bertz CT molecular complexity index is 1270. The molecule has 3 aliphatic heterocycles. The summed E-state index contributed by atoms with van der Waals surface area (Å²) in [5.74, 6) is -0.357. The van der Waals surface area contributed by atoms with E-state index in [1.807, 2.05) is 19.9 Å². The number of thioether (sulfide) groups is 1. The summed E-state index contributed by atoms with van der Waals surface area (Å²) in [6, 6.07) is 8.43. The van der Waals surface area contributed by atoms with Gasteiger partial charge in [-0.2, -0.15) is 10.0 Å². The molecule has 1 fully saturated rings. The molecule has 5 rings (SSSR count). The smallest absolute Gasteiger partial charge is 0.283 e. The molecule has 1 aromatic carbocycles. The first-order valence-corrected chi connectivity index (χ1v) is 11.7. The van der Waals surface area contributed by atoms with Crippen LogP contribution in [0.4, 0.5) is 0 Å². The van der Waals surface area contributed by atoms with E-state index >= 15 is 0 Å². The highest BCUT2D eigenvalue weighted by atomic mass is 32.2. The number of nitrogens with zero attached hydrogens (tertiary/aromatic N) is 5. The van der Waals surface area contributed by atoms with Crippen LogP contribution in [0.3, 0.4) is 0 Å². The van der Waals surface area contributed by atoms with E-state index in [9.17, 15) is 4.79 Å². The Balaban J connectivity index is 1.48. The summed E-state index contributed by atoms with van der Waals surface area (Å²) in [5, 5.41) is 15.9. The molecule has 1 saturated heterocycles. The number of aliphatic imine (C=N–C) groups is 1. The van der Waals surface area contributed by atoms with Crippen molar-refractivity contribution in [1.82, 2.24) is 14.5 Å². The zero-order valence-electron chi connectivity index (χ0n) is 19.2. The number of rotatable bonds is 2. The van der Waals surface area contributed by atoms with Gasteiger partial charge in [0.05, 0.1) is 18.8 Å². The predicted molar refractivity (Wildman–Crippen MR) is 132 cm³/mol.